The highest BCUT2D eigenvalue weighted by Gasteiger charge is 2.26. The molecule has 0 bridgehead atoms. The fourth-order valence-electron chi connectivity index (χ4n) is 3.92. The summed E-state index contributed by atoms with van der Waals surface area (Å²) in [6, 6.07) is 10.6. The molecule has 0 aliphatic carbocycles. The maximum absolute atomic E-state index is 12.6. The van der Waals surface area contributed by atoms with Gasteiger partial charge in [-0.3, -0.25) is 14.4 Å². The van der Waals surface area contributed by atoms with E-state index in [4.69, 9.17) is 4.42 Å². The molecule has 0 radical (unpaired) electrons. The van der Waals surface area contributed by atoms with E-state index in [1.165, 1.54) is 6.26 Å². The molecule has 0 saturated carbocycles. The minimum absolute atomic E-state index is 0.0338. The Morgan fingerprint density at radius 1 is 1.00 bits per heavy atom. The van der Waals surface area contributed by atoms with Gasteiger partial charge in [-0.25, -0.2) is 0 Å². The minimum atomic E-state index is -0.127. The smallest absolute Gasteiger partial charge is 0.289 e. The molecule has 29 heavy (non-hydrogen) atoms. The molecule has 1 N–H and O–H groups in total. The number of carbonyl (C=O) groups is 3. The van der Waals surface area contributed by atoms with Gasteiger partial charge in [-0.1, -0.05) is 0 Å². The number of nitrogens with one attached hydrogen (secondary N) is 1. The van der Waals surface area contributed by atoms with Crippen molar-refractivity contribution in [3.63, 3.8) is 0 Å². The highest BCUT2D eigenvalue weighted by molar-refractivity contribution is 5.97. The first kappa shape index (κ1) is 19.2. The van der Waals surface area contributed by atoms with E-state index in [-0.39, 0.29) is 23.8 Å². The topological polar surface area (TPSA) is 82.9 Å². The summed E-state index contributed by atoms with van der Waals surface area (Å²) in [6.07, 6.45) is 5.45. The summed E-state index contributed by atoms with van der Waals surface area (Å²) in [4.78, 5) is 40.5. The van der Waals surface area contributed by atoms with Crippen LogP contribution in [-0.2, 0) is 4.79 Å². The minimum Gasteiger partial charge on any atom is -0.459 e. The highest BCUT2D eigenvalue weighted by Crippen LogP contribution is 2.21. The van der Waals surface area contributed by atoms with Crippen LogP contribution < -0.4 is 10.2 Å². The third-order valence-corrected chi connectivity index (χ3v) is 5.61. The van der Waals surface area contributed by atoms with Crippen LogP contribution in [0.3, 0.4) is 0 Å². The summed E-state index contributed by atoms with van der Waals surface area (Å²) >= 11 is 0. The van der Waals surface area contributed by atoms with Crippen molar-refractivity contribution in [2.24, 2.45) is 0 Å². The van der Waals surface area contributed by atoms with Crippen LogP contribution in [0.5, 0.6) is 0 Å². The Labute approximate surface area is 169 Å². The summed E-state index contributed by atoms with van der Waals surface area (Å²) in [6.45, 7) is 1.90. The number of likely N-dealkylation sites (tertiary alicyclic amines) is 1. The zero-order valence-corrected chi connectivity index (χ0v) is 16.3. The van der Waals surface area contributed by atoms with E-state index in [1.807, 2.05) is 12.1 Å². The van der Waals surface area contributed by atoms with Gasteiger partial charge in [0, 0.05) is 43.3 Å². The highest BCUT2D eigenvalue weighted by atomic mass is 16.3. The van der Waals surface area contributed by atoms with Crippen molar-refractivity contribution < 1.29 is 18.8 Å². The van der Waals surface area contributed by atoms with Crippen LogP contribution >= 0.6 is 0 Å². The van der Waals surface area contributed by atoms with Gasteiger partial charge in [-0.05, 0) is 62.1 Å². The Kier molecular flexibility index (Phi) is 5.64. The van der Waals surface area contributed by atoms with Gasteiger partial charge in [0.25, 0.3) is 11.8 Å². The molecule has 0 unspecified atom stereocenters. The zero-order chi connectivity index (χ0) is 20.2. The fraction of sp³-hybridized carbons (Fsp3) is 0.409. The number of nitrogens with zero attached hydrogens (tertiary/aromatic N) is 2. The van der Waals surface area contributed by atoms with E-state index in [9.17, 15) is 14.4 Å². The van der Waals surface area contributed by atoms with Crippen molar-refractivity contribution in [2.45, 2.75) is 38.1 Å². The summed E-state index contributed by atoms with van der Waals surface area (Å²) in [5, 5.41) is 3.06. The molecule has 2 aromatic rings. The SMILES string of the molecule is O=C(NC1CCN(C(=O)c2ccco2)CC1)c1ccc(N2CCCCC2=O)cc1. The molecule has 0 spiro atoms. The van der Waals surface area contributed by atoms with Gasteiger partial charge in [-0.15, -0.1) is 0 Å². The standard InChI is InChI=1S/C22H25N3O4/c26-20-5-1-2-12-25(20)18-8-6-16(7-9-18)21(27)23-17-10-13-24(14-11-17)22(28)19-4-3-15-29-19/h3-4,6-9,15,17H,1-2,5,10-14H2,(H,23,27). The van der Waals surface area contributed by atoms with Gasteiger partial charge < -0.3 is 19.5 Å². The molecule has 7 nitrogen and oxygen atoms in total. The molecule has 7 heteroatoms. The van der Waals surface area contributed by atoms with Crippen molar-refractivity contribution in [2.75, 3.05) is 24.5 Å². The van der Waals surface area contributed by atoms with Crippen LogP contribution in [0, 0.1) is 0 Å². The number of furan rings is 1. The molecule has 2 aliphatic rings. The summed E-state index contributed by atoms with van der Waals surface area (Å²) in [5.41, 5.74) is 1.42. The Morgan fingerprint density at radius 2 is 1.76 bits per heavy atom. The molecule has 1 aromatic carbocycles. The second-order valence-electron chi connectivity index (χ2n) is 7.57. The number of hydrogen-bond donors (Lipinski definition) is 1. The van der Waals surface area contributed by atoms with Gasteiger partial charge in [0.2, 0.25) is 5.91 Å². The van der Waals surface area contributed by atoms with E-state index in [2.05, 4.69) is 5.32 Å². The van der Waals surface area contributed by atoms with Crippen LogP contribution in [0.25, 0.3) is 0 Å². The van der Waals surface area contributed by atoms with Gasteiger partial charge >= 0.3 is 0 Å². The lowest BCUT2D eigenvalue weighted by molar-refractivity contribution is -0.119. The monoisotopic (exact) mass is 395 g/mol. The predicted octanol–water partition coefficient (Wildman–Crippen LogP) is 2.83. The second-order valence-corrected chi connectivity index (χ2v) is 7.57. The van der Waals surface area contributed by atoms with Crippen molar-refractivity contribution in [1.82, 2.24) is 10.2 Å². The van der Waals surface area contributed by atoms with E-state index in [0.717, 1.165) is 25.1 Å². The van der Waals surface area contributed by atoms with Crippen molar-refractivity contribution in [3.8, 4) is 0 Å². The predicted molar refractivity (Wildman–Crippen MR) is 108 cm³/mol. The first-order valence-electron chi connectivity index (χ1n) is 10.2. The van der Waals surface area contributed by atoms with Gasteiger partial charge in [0.1, 0.15) is 0 Å². The maximum atomic E-state index is 12.6. The Bertz CT molecular complexity index is 868. The summed E-state index contributed by atoms with van der Waals surface area (Å²) < 4.78 is 5.17. The van der Waals surface area contributed by atoms with Crippen molar-refractivity contribution in [3.05, 3.63) is 54.0 Å². The third kappa shape index (κ3) is 4.34. The first-order chi connectivity index (χ1) is 14.1. The molecule has 3 heterocycles. The maximum Gasteiger partial charge on any atom is 0.289 e. The molecule has 2 saturated heterocycles. The molecular formula is C22H25N3O4. The van der Waals surface area contributed by atoms with E-state index in [1.54, 1.807) is 34.1 Å². The second kappa shape index (κ2) is 8.51. The zero-order valence-electron chi connectivity index (χ0n) is 16.3. The molecule has 2 aliphatic heterocycles. The van der Waals surface area contributed by atoms with Crippen LogP contribution in [0.15, 0.2) is 47.1 Å². The Morgan fingerprint density at radius 3 is 2.41 bits per heavy atom. The Balaban J connectivity index is 1.30. The van der Waals surface area contributed by atoms with E-state index < -0.39 is 0 Å². The molecule has 0 atom stereocenters. The molecule has 152 valence electrons. The lowest BCUT2D eigenvalue weighted by Crippen LogP contribution is -2.46. The van der Waals surface area contributed by atoms with Crippen LogP contribution in [0.2, 0.25) is 0 Å². The number of anilines is 1. The average Bonchev–Trinajstić information content (AvgIpc) is 3.29. The van der Waals surface area contributed by atoms with Gasteiger partial charge in [0.05, 0.1) is 6.26 Å². The van der Waals surface area contributed by atoms with Crippen LogP contribution in [0.4, 0.5) is 5.69 Å². The van der Waals surface area contributed by atoms with E-state index >= 15 is 0 Å². The number of piperidine rings is 2. The fourth-order valence-corrected chi connectivity index (χ4v) is 3.92. The normalized spacial score (nSPS) is 18.0. The van der Waals surface area contributed by atoms with Gasteiger partial charge in [-0.2, -0.15) is 0 Å². The average molecular weight is 395 g/mol. The molecule has 2 fully saturated rings. The number of benzene rings is 1. The van der Waals surface area contributed by atoms with Crippen LogP contribution in [0.1, 0.15) is 53.0 Å². The quantitative estimate of drug-likeness (QED) is 0.863. The summed E-state index contributed by atoms with van der Waals surface area (Å²) in [7, 11) is 0. The Hall–Kier alpha value is -3.09. The van der Waals surface area contributed by atoms with Gasteiger partial charge in [0.15, 0.2) is 5.76 Å². The molecular weight excluding hydrogens is 370 g/mol. The largest absolute Gasteiger partial charge is 0.459 e. The molecule has 4 rings (SSSR count). The number of hydrogen-bond acceptors (Lipinski definition) is 4. The lowest BCUT2D eigenvalue weighted by Gasteiger charge is -2.32. The van der Waals surface area contributed by atoms with Crippen LogP contribution in [-0.4, -0.2) is 48.3 Å². The summed E-state index contributed by atoms with van der Waals surface area (Å²) in [5.74, 6) is 0.254. The number of rotatable bonds is 4. The third-order valence-electron chi connectivity index (χ3n) is 5.61. The van der Waals surface area contributed by atoms with Crippen molar-refractivity contribution in [1.29, 1.82) is 0 Å². The molecule has 3 amide bonds. The molecule has 1 aromatic heterocycles. The lowest BCUT2D eigenvalue weighted by atomic mass is 10.0. The first-order valence-corrected chi connectivity index (χ1v) is 10.2. The number of amides is 3. The van der Waals surface area contributed by atoms with E-state index in [0.29, 0.717) is 43.7 Å². The van der Waals surface area contributed by atoms with Crippen molar-refractivity contribution >= 4 is 23.4 Å². The number of carbonyl (C=O) groups excluding carboxylic acids is 3.